The van der Waals surface area contributed by atoms with E-state index in [1.165, 1.54) is 4.88 Å². The molecule has 0 aliphatic rings. The molecule has 2 N–H and O–H groups in total. The summed E-state index contributed by atoms with van der Waals surface area (Å²) in [7, 11) is 0. The number of hydrogen-bond donors (Lipinski definition) is 2. The molecule has 0 aliphatic carbocycles. The normalized spacial score (nSPS) is 14.8. The molecule has 3 nitrogen and oxygen atoms in total. The summed E-state index contributed by atoms with van der Waals surface area (Å²) >= 11 is 3.30. The quantitative estimate of drug-likeness (QED) is 0.876. The molecule has 0 aliphatic heterocycles. The SMILES string of the molecule is Cc1ncc(C(C)NCC(O)c2ccsc2)s1. The molecule has 92 valence electrons. The minimum absolute atomic E-state index is 0.231. The summed E-state index contributed by atoms with van der Waals surface area (Å²) in [4.78, 5) is 5.44. The first-order valence-corrected chi connectivity index (χ1v) is 7.28. The molecule has 0 spiro atoms. The van der Waals surface area contributed by atoms with Crippen LogP contribution in [0.4, 0.5) is 0 Å². The number of aryl methyl sites for hydroxylation is 1. The fraction of sp³-hybridized carbons (Fsp3) is 0.417. The summed E-state index contributed by atoms with van der Waals surface area (Å²) in [5.74, 6) is 0. The number of hydrogen-bond acceptors (Lipinski definition) is 5. The van der Waals surface area contributed by atoms with E-state index in [9.17, 15) is 5.11 Å². The Balaban J connectivity index is 1.86. The van der Waals surface area contributed by atoms with E-state index in [0.29, 0.717) is 6.54 Å². The highest BCUT2D eigenvalue weighted by atomic mass is 32.1. The van der Waals surface area contributed by atoms with E-state index in [2.05, 4.69) is 17.2 Å². The zero-order chi connectivity index (χ0) is 12.3. The third-order valence-electron chi connectivity index (χ3n) is 2.61. The van der Waals surface area contributed by atoms with E-state index in [1.807, 2.05) is 29.9 Å². The first-order chi connectivity index (χ1) is 8.16. The van der Waals surface area contributed by atoms with Crippen LogP contribution in [0.1, 0.15) is 34.5 Å². The second kappa shape index (κ2) is 5.73. The van der Waals surface area contributed by atoms with E-state index in [1.54, 1.807) is 22.7 Å². The van der Waals surface area contributed by atoms with Gasteiger partial charge in [-0.2, -0.15) is 11.3 Å². The highest BCUT2D eigenvalue weighted by molar-refractivity contribution is 7.11. The van der Waals surface area contributed by atoms with Gasteiger partial charge in [-0.15, -0.1) is 11.3 Å². The highest BCUT2D eigenvalue weighted by Gasteiger charge is 2.12. The molecule has 2 atom stereocenters. The van der Waals surface area contributed by atoms with Crippen molar-refractivity contribution in [3.63, 3.8) is 0 Å². The van der Waals surface area contributed by atoms with Crippen molar-refractivity contribution in [2.75, 3.05) is 6.54 Å². The van der Waals surface area contributed by atoms with Crippen LogP contribution in [0.5, 0.6) is 0 Å². The molecular formula is C12H16N2OS2. The molecule has 2 aromatic heterocycles. The summed E-state index contributed by atoms with van der Waals surface area (Å²) in [5, 5.41) is 18.3. The Morgan fingerprint density at radius 1 is 1.53 bits per heavy atom. The van der Waals surface area contributed by atoms with Crippen LogP contribution in [0.2, 0.25) is 0 Å². The van der Waals surface area contributed by atoms with Crippen LogP contribution in [0, 0.1) is 6.92 Å². The fourth-order valence-electron chi connectivity index (χ4n) is 1.55. The van der Waals surface area contributed by atoms with Crippen molar-refractivity contribution in [2.24, 2.45) is 0 Å². The standard InChI is InChI=1S/C12H16N2OS2/c1-8(12-6-14-9(2)17-12)13-5-11(15)10-3-4-16-7-10/h3-4,6-8,11,13,15H,5H2,1-2H3. The van der Waals surface area contributed by atoms with Gasteiger partial charge in [0, 0.05) is 23.7 Å². The lowest BCUT2D eigenvalue weighted by Gasteiger charge is -2.15. The Bertz CT molecular complexity index is 453. The van der Waals surface area contributed by atoms with E-state index in [4.69, 9.17) is 0 Å². The average molecular weight is 268 g/mol. The highest BCUT2D eigenvalue weighted by Crippen LogP contribution is 2.21. The Labute approximate surface area is 109 Å². The minimum Gasteiger partial charge on any atom is -0.387 e. The zero-order valence-electron chi connectivity index (χ0n) is 9.88. The first kappa shape index (κ1) is 12.7. The molecule has 2 heterocycles. The van der Waals surface area contributed by atoms with Gasteiger partial charge in [-0.05, 0) is 36.2 Å². The van der Waals surface area contributed by atoms with Crippen LogP contribution >= 0.6 is 22.7 Å². The maximum atomic E-state index is 9.94. The number of nitrogens with one attached hydrogen (secondary N) is 1. The summed E-state index contributed by atoms with van der Waals surface area (Å²) in [6.45, 7) is 4.66. The number of thiazole rings is 1. The van der Waals surface area contributed by atoms with Crippen molar-refractivity contribution in [3.8, 4) is 0 Å². The Hall–Kier alpha value is -0.750. The van der Waals surface area contributed by atoms with Crippen LogP contribution in [0.3, 0.4) is 0 Å². The van der Waals surface area contributed by atoms with Crippen molar-refractivity contribution in [2.45, 2.75) is 26.0 Å². The number of nitrogens with zero attached hydrogens (tertiary/aromatic N) is 1. The average Bonchev–Trinajstić information content (AvgIpc) is 2.95. The lowest BCUT2D eigenvalue weighted by atomic mass is 10.2. The first-order valence-electron chi connectivity index (χ1n) is 5.52. The van der Waals surface area contributed by atoms with Gasteiger partial charge in [0.05, 0.1) is 11.1 Å². The maximum absolute atomic E-state index is 9.94. The van der Waals surface area contributed by atoms with Gasteiger partial charge in [0.2, 0.25) is 0 Å². The molecule has 5 heteroatoms. The predicted molar refractivity (Wildman–Crippen MR) is 72.5 cm³/mol. The summed E-state index contributed by atoms with van der Waals surface area (Å²) in [5.41, 5.74) is 0.982. The summed E-state index contributed by atoms with van der Waals surface area (Å²) in [6, 6.07) is 2.19. The second-order valence-electron chi connectivity index (χ2n) is 3.98. The number of thiophene rings is 1. The molecule has 0 radical (unpaired) electrons. The van der Waals surface area contributed by atoms with Crippen LogP contribution in [0.15, 0.2) is 23.0 Å². The van der Waals surface area contributed by atoms with Gasteiger partial charge in [0.25, 0.3) is 0 Å². The fourth-order valence-corrected chi connectivity index (χ4v) is 3.07. The van der Waals surface area contributed by atoms with E-state index in [-0.39, 0.29) is 6.04 Å². The van der Waals surface area contributed by atoms with E-state index >= 15 is 0 Å². The van der Waals surface area contributed by atoms with Crippen LogP contribution in [-0.4, -0.2) is 16.6 Å². The Kier molecular flexibility index (Phi) is 4.28. The number of aliphatic hydroxyl groups excluding tert-OH is 1. The van der Waals surface area contributed by atoms with Crippen molar-refractivity contribution < 1.29 is 5.11 Å². The van der Waals surface area contributed by atoms with Gasteiger partial charge in [0.15, 0.2) is 0 Å². The molecular weight excluding hydrogens is 252 g/mol. The second-order valence-corrected chi connectivity index (χ2v) is 6.03. The van der Waals surface area contributed by atoms with Crippen LogP contribution < -0.4 is 5.32 Å². The topological polar surface area (TPSA) is 45.2 Å². The van der Waals surface area contributed by atoms with E-state index < -0.39 is 6.10 Å². The zero-order valence-corrected chi connectivity index (χ0v) is 11.5. The number of aliphatic hydroxyl groups is 1. The largest absolute Gasteiger partial charge is 0.387 e. The lowest BCUT2D eigenvalue weighted by Crippen LogP contribution is -2.23. The molecule has 0 saturated heterocycles. The molecule has 2 rings (SSSR count). The van der Waals surface area contributed by atoms with E-state index in [0.717, 1.165) is 10.6 Å². The third kappa shape index (κ3) is 3.35. The smallest absolute Gasteiger partial charge is 0.0922 e. The van der Waals surface area contributed by atoms with Crippen molar-refractivity contribution >= 4 is 22.7 Å². The Morgan fingerprint density at radius 3 is 2.94 bits per heavy atom. The lowest BCUT2D eigenvalue weighted by molar-refractivity contribution is 0.171. The predicted octanol–water partition coefficient (Wildman–Crippen LogP) is 2.90. The molecule has 0 amide bonds. The molecule has 2 aromatic rings. The van der Waals surface area contributed by atoms with Gasteiger partial charge in [-0.1, -0.05) is 0 Å². The van der Waals surface area contributed by atoms with Gasteiger partial charge >= 0.3 is 0 Å². The van der Waals surface area contributed by atoms with Gasteiger partial charge in [-0.3, -0.25) is 0 Å². The summed E-state index contributed by atoms with van der Waals surface area (Å²) in [6.07, 6.45) is 1.46. The Morgan fingerprint density at radius 2 is 2.35 bits per heavy atom. The molecule has 0 aromatic carbocycles. The number of rotatable bonds is 5. The third-order valence-corrected chi connectivity index (χ3v) is 4.41. The minimum atomic E-state index is -0.433. The molecule has 0 bridgehead atoms. The molecule has 2 unspecified atom stereocenters. The maximum Gasteiger partial charge on any atom is 0.0922 e. The van der Waals surface area contributed by atoms with Crippen molar-refractivity contribution in [1.82, 2.24) is 10.3 Å². The van der Waals surface area contributed by atoms with Crippen LogP contribution in [0.25, 0.3) is 0 Å². The van der Waals surface area contributed by atoms with Crippen molar-refractivity contribution in [3.05, 3.63) is 38.5 Å². The van der Waals surface area contributed by atoms with Crippen molar-refractivity contribution in [1.29, 1.82) is 0 Å². The molecule has 0 saturated carbocycles. The summed E-state index contributed by atoms with van der Waals surface area (Å²) < 4.78 is 0. The monoisotopic (exact) mass is 268 g/mol. The van der Waals surface area contributed by atoms with Crippen LogP contribution in [-0.2, 0) is 0 Å². The van der Waals surface area contributed by atoms with Gasteiger partial charge < -0.3 is 10.4 Å². The van der Waals surface area contributed by atoms with Gasteiger partial charge in [-0.25, -0.2) is 4.98 Å². The molecule has 0 fully saturated rings. The van der Waals surface area contributed by atoms with Gasteiger partial charge in [0.1, 0.15) is 0 Å². The molecule has 17 heavy (non-hydrogen) atoms. The number of aromatic nitrogens is 1.